The van der Waals surface area contributed by atoms with Crippen LogP contribution in [0.4, 0.5) is 26.4 Å². The minimum absolute atomic E-state index is 0.0240. The number of halogens is 3. The molecule has 0 fully saturated rings. The number of primary amides is 1. The van der Waals surface area contributed by atoms with Gasteiger partial charge in [0.05, 0.1) is 27.7 Å². The van der Waals surface area contributed by atoms with E-state index < -0.39 is 29.1 Å². The van der Waals surface area contributed by atoms with Gasteiger partial charge in [-0.15, -0.1) is 0 Å². The van der Waals surface area contributed by atoms with E-state index >= 15 is 0 Å². The molecule has 0 radical (unpaired) electrons. The molecule has 7 N–H and O–H groups in total. The van der Waals surface area contributed by atoms with E-state index in [1.807, 2.05) is 0 Å². The maximum Gasteiger partial charge on any atom is 0.267 e. The number of anilines is 3. The monoisotopic (exact) mass is 486 g/mol. The molecule has 2 aromatic carbocycles. The molecule has 0 aliphatic rings. The molecule has 2 heterocycles. The third-order valence-electron chi connectivity index (χ3n) is 4.92. The van der Waals surface area contributed by atoms with E-state index in [2.05, 4.69) is 20.3 Å². The van der Waals surface area contributed by atoms with Crippen LogP contribution in [-0.4, -0.2) is 25.4 Å². The van der Waals surface area contributed by atoms with Crippen LogP contribution in [0.2, 0.25) is 5.02 Å². The molecule has 0 aliphatic heterocycles. The predicted molar refractivity (Wildman–Crippen MR) is 124 cm³/mol. The molecule has 4 aromatic rings. The van der Waals surface area contributed by atoms with Crippen molar-refractivity contribution in [2.45, 2.75) is 13.0 Å². The number of hydrogen-bond donors (Lipinski definition) is 4. The first-order chi connectivity index (χ1) is 16.1. The Bertz CT molecular complexity index is 1510. The summed E-state index contributed by atoms with van der Waals surface area (Å²) in [6.07, 6.45) is 0. The van der Waals surface area contributed by atoms with Crippen LogP contribution in [-0.2, 0) is 0 Å². The second-order valence-corrected chi connectivity index (χ2v) is 7.70. The fourth-order valence-corrected chi connectivity index (χ4v) is 3.78. The van der Waals surface area contributed by atoms with Crippen LogP contribution in [0.25, 0.3) is 16.6 Å². The number of benzene rings is 2. The van der Waals surface area contributed by atoms with Crippen molar-refractivity contribution in [1.82, 2.24) is 19.5 Å². The van der Waals surface area contributed by atoms with Crippen LogP contribution >= 0.6 is 11.6 Å². The second kappa shape index (κ2) is 8.56. The maximum absolute atomic E-state index is 14.0. The molecule has 0 aliphatic carbocycles. The van der Waals surface area contributed by atoms with Crippen LogP contribution in [0.15, 0.2) is 41.2 Å². The van der Waals surface area contributed by atoms with Gasteiger partial charge in [0, 0.05) is 6.07 Å². The van der Waals surface area contributed by atoms with E-state index in [0.29, 0.717) is 6.07 Å². The highest BCUT2D eigenvalue weighted by atomic mass is 35.5. The molecule has 4 rings (SSSR count). The minimum atomic E-state index is -0.921. The van der Waals surface area contributed by atoms with Gasteiger partial charge < -0.3 is 22.5 Å². The standard InChI is InChI=1S/C21H17ClF2N8O2/c1-8(28-18-15(17(26)33)16(25)30-21(27)31-18)19-29-13-4-2-3-12(22)14(13)20(34)32(19)11-6-9(23)5-10(24)7-11/h2-8H,1H3,(H2,26,33)(H5,25,27,28,30,31)/t8-/m0/s1. The lowest BCUT2D eigenvalue weighted by Gasteiger charge is -2.21. The van der Waals surface area contributed by atoms with Crippen LogP contribution in [0, 0.1) is 11.6 Å². The van der Waals surface area contributed by atoms with E-state index in [9.17, 15) is 18.4 Å². The summed E-state index contributed by atoms with van der Waals surface area (Å²) in [5, 5.41) is 3.05. The zero-order chi connectivity index (χ0) is 24.7. The van der Waals surface area contributed by atoms with E-state index in [1.54, 1.807) is 19.1 Å². The summed E-state index contributed by atoms with van der Waals surface area (Å²) in [7, 11) is 0. The van der Waals surface area contributed by atoms with Gasteiger partial charge in [-0.1, -0.05) is 17.7 Å². The van der Waals surface area contributed by atoms with Gasteiger partial charge in [-0.25, -0.2) is 13.8 Å². The molecule has 0 spiro atoms. The first-order valence-electron chi connectivity index (χ1n) is 9.73. The van der Waals surface area contributed by atoms with Gasteiger partial charge in [-0.2, -0.15) is 9.97 Å². The third kappa shape index (κ3) is 4.06. The number of aromatic nitrogens is 4. The largest absolute Gasteiger partial charge is 0.383 e. The van der Waals surface area contributed by atoms with Crippen LogP contribution in [0.5, 0.6) is 0 Å². The van der Waals surface area contributed by atoms with Crippen molar-refractivity contribution in [3.8, 4) is 5.69 Å². The molecule has 0 unspecified atom stereocenters. The van der Waals surface area contributed by atoms with Gasteiger partial charge in [0.1, 0.15) is 34.7 Å². The lowest BCUT2D eigenvalue weighted by molar-refractivity contribution is 0.100. The summed E-state index contributed by atoms with van der Waals surface area (Å²) in [5.41, 5.74) is 16.0. The van der Waals surface area contributed by atoms with E-state index in [-0.39, 0.29) is 50.6 Å². The summed E-state index contributed by atoms with van der Waals surface area (Å²) in [5.74, 6) is -3.30. The van der Waals surface area contributed by atoms with Gasteiger partial charge in [0.2, 0.25) is 5.95 Å². The fourth-order valence-electron chi connectivity index (χ4n) is 3.53. The first-order valence-corrected chi connectivity index (χ1v) is 10.1. The Morgan fingerprint density at radius 2 is 1.79 bits per heavy atom. The van der Waals surface area contributed by atoms with Crippen molar-refractivity contribution in [2.24, 2.45) is 5.73 Å². The van der Waals surface area contributed by atoms with Gasteiger partial charge in [-0.05, 0) is 31.2 Å². The molecule has 0 saturated carbocycles. The molecule has 1 atom stereocenters. The molecule has 13 heteroatoms. The number of nitrogen functional groups attached to an aromatic ring is 2. The SMILES string of the molecule is C[C@H](Nc1nc(N)nc(N)c1C(N)=O)c1nc2cccc(Cl)c2c(=O)n1-c1cc(F)cc(F)c1. The quantitative estimate of drug-likeness (QED) is 0.333. The normalized spacial score (nSPS) is 12.0. The Labute approximate surface area is 195 Å². The van der Waals surface area contributed by atoms with E-state index in [1.165, 1.54) is 6.07 Å². The Morgan fingerprint density at radius 3 is 2.44 bits per heavy atom. The average Bonchev–Trinajstić information content (AvgIpc) is 2.71. The molecular weight excluding hydrogens is 470 g/mol. The number of amides is 1. The van der Waals surface area contributed by atoms with Gasteiger partial charge in [0.25, 0.3) is 11.5 Å². The highest BCUT2D eigenvalue weighted by molar-refractivity contribution is 6.35. The summed E-state index contributed by atoms with van der Waals surface area (Å²) >= 11 is 6.22. The highest BCUT2D eigenvalue weighted by Crippen LogP contribution is 2.27. The topological polar surface area (TPSA) is 168 Å². The molecule has 174 valence electrons. The van der Waals surface area contributed by atoms with Crippen LogP contribution < -0.4 is 28.1 Å². The number of fused-ring (bicyclic) bond motifs is 1. The molecule has 0 saturated heterocycles. The molecule has 10 nitrogen and oxygen atoms in total. The lowest BCUT2D eigenvalue weighted by atomic mass is 10.2. The summed E-state index contributed by atoms with van der Waals surface area (Å²) in [6, 6.07) is 6.39. The molecule has 1 amide bonds. The van der Waals surface area contributed by atoms with E-state index in [0.717, 1.165) is 16.7 Å². The summed E-state index contributed by atoms with van der Waals surface area (Å²) in [6.45, 7) is 1.57. The first kappa shape index (κ1) is 22.9. The summed E-state index contributed by atoms with van der Waals surface area (Å²) in [4.78, 5) is 37.6. The maximum atomic E-state index is 14.0. The van der Waals surface area contributed by atoms with Crippen molar-refractivity contribution >= 4 is 46.0 Å². The average molecular weight is 487 g/mol. The lowest BCUT2D eigenvalue weighted by Crippen LogP contribution is -2.28. The zero-order valence-corrected chi connectivity index (χ0v) is 18.3. The van der Waals surface area contributed by atoms with Crippen molar-refractivity contribution in [3.63, 3.8) is 0 Å². The second-order valence-electron chi connectivity index (χ2n) is 7.29. The number of carbonyl (C=O) groups is 1. The number of nitrogens with one attached hydrogen (secondary N) is 1. The number of carbonyl (C=O) groups excluding carboxylic acids is 1. The minimum Gasteiger partial charge on any atom is -0.383 e. The highest BCUT2D eigenvalue weighted by Gasteiger charge is 2.23. The Morgan fingerprint density at radius 1 is 1.12 bits per heavy atom. The predicted octanol–water partition coefficient (Wildman–Crippen LogP) is 2.54. The Kier molecular flexibility index (Phi) is 5.75. The Hall–Kier alpha value is -4.32. The van der Waals surface area contributed by atoms with Crippen molar-refractivity contribution in [1.29, 1.82) is 0 Å². The molecule has 0 bridgehead atoms. The Balaban J connectivity index is 1.97. The van der Waals surface area contributed by atoms with E-state index in [4.69, 9.17) is 28.8 Å². The van der Waals surface area contributed by atoms with Crippen molar-refractivity contribution < 1.29 is 13.6 Å². The van der Waals surface area contributed by atoms with Gasteiger partial charge >= 0.3 is 0 Å². The number of nitrogens with zero attached hydrogens (tertiary/aromatic N) is 4. The van der Waals surface area contributed by atoms with Gasteiger partial charge in [-0.3, -0.25) is 14.2 Å². The van der Waals surface area contributed by atoms with Crippen molar-refractivity contribution in [3.05, 3.63) is 74.8 Å². The zero-order valence-electron chi connectivity index (χ0n) is 17.5. The van der Waals surface area contributed by atoms with Gasteiger partial charge in [0.15, 0.2) is 0 Å². The number of nitrogens with two attached hydrogens (primary N) is 3. The van der Waals surface area contributed by atoms with Crippen LogP contribution in [0.1, 0.15) is 29.1 Å². The van der Waals surface area contributed by atoms with Crippen molar-refractivity contribution in [2.75, 3.05) is 16.8 Å². The number of rotatable bonds is 5. The molecule has 2 aromatic heterocycles. The summed E-state index contributed by atoms with van der Waals surface area (Å²) < 4.78 is 29.1. The number of hydrogen-bond acceptors (Lipinski definition) is 8. The van der Waals surface area contributed by atoms with Crippen LogP contribution in [0.3, 0.4) is 0 Å². The molecule has 34 heavy (non-hydrogen) atoms. The smallest absolute Gasteiger partial charge is 0.267 e. The third-order valence-corrected chi connectivity index (χ3v) is 5.23. The fraction of sp³-hybridized carbons (Fsp3) is 0.0952. The molecular formula is C21H17ClF2N8O2.